The lowest BCUT2D eigenvalue weighted by atomic mass is 10.1. The third-order valence-electron chi connectivity index (χ3n) is 3.73. The summed E-state index contributed by atoms with van der Waals surface area (Å²) in [5, 5.41) is 0. The number of Topliss-reactive ketones (excluding diaryl/α,β-unsaturated/α-hetero) is 1. The van der Waals surface area contributed by atoms with Gasteiger partial charge in [-0.1, -0.05) is 0 Å². The van der Waals surface area contributed by atoms with Gasteiger partial charge in [0.25, 0.3) is 0 Å². The van der Waals surface area contributed by atoms with Gasteiger partial charge in [0.1, 0.15) is 5.75 Å². The molecule has 1 fully saturated rings. The van der Waals surface area contributed by atoms with Crippen LogP contribution in [0.3, 0.4) is 0 Å². The fraction of sp³-hybridized carbons (Fsp3) is 0.533. The van der Waals surface area contributed by atoms with Gasteiger partial charge in [0, 0.05) is 31.2 Å². The van der Waals surface area contributed by atoms with Crippen molar-refractivity contribution in [1.29, 1.82) is 0 Å². The zero-order valence-corrected chi connectivity index (χ0v) is 11.9. The summed E-state index contributed by atoms with van der Waals surface area (Å²) in [7, 11) is 3.75. The molecule has 19 heavy (non-hydrogen) atoms. The van der Waals surface area contributed by atoms with E-state index in [-0.39, 0.29) is 5.78 Å². The molecule has 1 aromatic carbocycles. The Morgan fingerprint density at radius 1 is 1.32 bits per heavy atom. The van der Waals surface area contributed by atoms with E-state index in [1.54, 1.807) is 7.11 Å². The van der Waals surface area contributed by atoms with Gasteiger partial charge in [-0.05, 0) is 38.2 Å². The molecule has 0 spiro atoms. The molecular weight excluding hydrogens is 240 g/mol. The number of hydrogen-bond acceptors (Lipinski definition) is 4. The van der Waals surface area contributed by atoms with Crippen LogP contribution in [0, 0.1) is 0 Å². The molecule has 104 valence electrons. The quantitative estimate of drug-likeness (QED) is 0.770. The summed E-state index contributed by atoms with van der Waals surface area (Å²) in [6.45, 7) is 5.69. The average Bonchev–Trinajstić information content (AvgIpc) is 2.42. The molecule has 1 saturated heterocycles. The summed E-state index contributed by atoms with van der Waals surface area (Å²) in [5.41, 5.74) is 0.756. The van der Waals surface area contributed by atoms with Crippen molar-refractivity contribution in [2.45, 2.75) is 13.0 Å². The lowest BCUT2D eigenvalue weighted by Gasteiger charge is -2.37. The van der Waals surface area contributed by atoms with Gasteiger partial charge < -0.3 is 9.64 Å². The number of nitrogens with zero attached hydrogens (tertiary/aromatic N) is 2. The molecule has 0 saturated carbocycles. The molecule has 0 amide bonds. The van der Waals surface area contributed by atoms with Gasteiger partial charge in [-0.25, -0.2) is 0 Å². The van der Waals surface area contributed by atoms with E-state index in [1.165, 1.54) is 0 Å². The summed E-state index contributed by atoms with van der Waals surface area (Å²) in [6.07, 6.45) is 0. The van der Waals surface area contributed by atoms with Crippen LogP contribution in [0.1, 0.15) is 17.3 Å². The standard InChI is InChI=1S/C15H22N2O2/c1-12-10-16(2)8-9-17(12)11-15(18)13-4-6-14(19-3)7-5-13/h4-7,12H,8-11H2,1-3H3. The lowest BCUT2D eigenvalue weighted by molar-refractivity contribution is 0.0747. The summed E-state index contributed by atoms with van der Waals surface area (Å²) in [4.78, 5) is 16.8. The summed E-state index contributed by atoms with van der Waals surface area (Å²) < 4.78 is 5.10. The number of carbonyl (C=O) groups excluding carboxylic acids is 1. The Kier molecular flexibility index (Phi) is 4.56. The zero-order valence-electron chi connectivity index (χ0n) is 11.9. The molecular formula is C15H22N2O2. The molecule has 0 N–H and O–H groups in total. The van der Waals surface area contributed by atoms with E-state index in [0.29, 0.717) is 12.6 Å². The van der Waals surface area contributed by atoms with E-state index in [4.69, 9.17) is 4.74 Å². The molecule has 4 nitrogen and oxygen atoms in total. The summed E-state index contributed by atoms with van der Waals surface area (Å²) in [5.74, 6) is 0.962. The monoisotopic (exact) mass is 262 g/mol. The largest absolute Gasteiger partial charge is 0.497 e. The van der Waals surface area contributed by atoms with Crippen LogP contribution in [-0.4, -0.2) is 62.0 Å². The first kappa shape index (κ1) is 14.0. The number of rotatable bonds is 4. The maximum absolute atomic E-state index is 12.2. The van der Waals surface area contributed by atoms with Crippen LogP contribution < -0.4 is 4.74 Å². The molecule has 0 radical (unpaired) electrons. The zero-order chi connectivity index (χ0) is 13.8. The van der Waals surface area contributed by atoms with Crippen molar-refractivity contribution in [1.82, 2.24) is 9.80 Å². The highest BCUT2D eigenvalue weighted by molar-refractivity contribution is 5.97. The molecule has 2 rings (SSSR count). The lowest BCUT2D eigenvalue weighted by Crippen LogP contribution is -2.51. The number of carbonyl (C=O) groups is 1. The SMILES string of the molecule is COc1ccc(C(=O)CN2CCN(C)CC2C)cc1. The number of methoxy groups -OCH3 is 1. The smallest absolute Gasteiger partial charge is 0.176 e. The molecule has 0 bridgehead atoms. The second-order valence-corrected chi connectivity index (χ2v) is 5.23. The topological polar surface area (TPSA) is 32.8 Å². The van der Waals surface area contributed by atoms with Gasteiger partial charge in [0.05, 0.1) is 13.7 Å². The van der Waals surface area contributed by atoms with Crippen molar-refractivity contribution < 1.29 is 9.53 Å². The minimum atomic E-state index is 0.180. The molecule has 4 heteroatoms. The van der Waals surface area contributed by atoms with Crippen LogP contribution in [0.15, 0.2) is 24.3 Å². The number of piperazine rings is 1. The Morgan fingerprint density at radius 2 is 2.00 bits per heavy atom. The predicted molar refractivity (Wildman–Crippen MR) is 75.9 cm³/mol. The van der Waals surface area contributed by atoms with Crippen molar-refractivity contribution in [3.8, 4) is 5.75 Å². The van der Waals surface area contributed by atoms with Crippen LogP contribution in [-0.2, 0) is 0 Å². The van der Waals surface area contributed by atoms with Crippen molar-refractivity contribution in [3.05, 3.63) is 29.8 Å². The minimum absolute atomic E-state index is 0.180. The van der Waals surface area contributed by atoms with Gasteiger partial charge in [0.2, 0.25) is 0 Å². The van der Waals surface area contributed by atoms with E-state index in [0.717, 1.165) is 30.9 Å². The Hall–Kier alpha value is -1.39. The van der Waals surface area contributed by atoms with Crippen LogP contribution in [0.4, 0.5) is 0 Å². The highest BCUT2D eigenvalue weighted by Crippen LogP contribution is 2.14. The Morgan fingerprint density at radius 3 is 2.58 bits per heavy atom. The van der Waals surface area contributed by atoms with Crippen molar-refractivity contribution in [2.75, 3.05) is 40.3 Å². The molecule has 0 aromatic heterocycles. The predicted octanol–water partition coefficient (Wildman–Crippen LogP) is 1.51. The van der Waals surface area contributed by atoms with Gasteiger partial charge >= 0.3 is 0 Å². The van der Waals surface area contributed by atoms with E-state index in [2.05, 4.69) is 23.8 Å². The Labute approximate surface area is 115 Å². The van der Waals surface area contributed by atoms with E-state index in [9.17, 15) is 4.79 Å². The Bertz CT molecular complexity index is 430. The number of likely N-dealkylation sites (N-methyl/N-ethyl adjacent to an activating group) is 1. The number of ether oxygens (including phenoxy) is 1. The first-order valence-electron chi connectivity index (χ1n) is 6.70. The molecule has 1 aliphatic heterocycles. The third kappa shape index (κ3) is 3.55. The minimum Gasteiger partial charge on any atom is -0.497 e. The molecule has 0 aliphatic carbocycles. The van der Waals surface area contributed by atoms with E-state index >= 15 is 0 Å². The molecule has 1 heterocycles. The van der Waals surface area contributed by atoms with E-state index in [1.807, 2.05) is 24.3 Å². The number of hydrogen-bond donors (Lipinski definition) is 0. The molecule has 1 unspecified atom stereocenters. The fourth-order valence-electron chi connectivity index (χ4n) is 2.46. The normalized spacial score (nSPS) is 21.3. The van der Waals surface area contributed by atoms with Gasteiger partial charge in [-0.15, -0.1) is 0 Å². The number of benzene rings is 1. The van der Waals surface area contributed by atoms with Gasteiger partial charge in [-0.3, -0.25) is 9.69 Å². The highest BCUT2D eigenvalue weighted by atomic mass is 16.5. The van der Waals surface area contributed by atoms with Crippen molar-refractivity contribution in [3.63, 3.8) is 0 Å². The third-order valence-corrected chi connectivity index (χ3v) is 3.73. The second-order valence-electron chi connectivity index (χ2n) is 5.23. The average molecular weight is 262 g/mol. The van der Waals surface area contributed by atoms with Crippen LogP contribution >= 0.6 is 0 Å². The number of ketones is 1. The van der Waals surface area contributed by atoms with Crippen LogP contribution in [0.25, 0.3) is 0 Å². The van der Waals surface area contributed by atoms with Crippen LogP contribution in [0.2, 0.25) is 0 Å². The van der Waals surface area contributed by atoms with Gasteiger partial charge in [0.15, 0.2) is 5.78 Å². The second kappa shape index (κ2) is 6.17. The van der Waals surface area contributed by atoms with E-state index < -0.39 is 0 Å². The highest BCUT2D eigenvalue weighted by Gasteiger charge is 2.23. The van der Waals surface area contributed by atoms with Crippen LogP contribution in [0.5, 0.6) is 5.75 Å². The summed E-state index contributed by atoms with van der Waals surface area (Å²) >= 11 is 0. The maximum Gasteiger partial charge on any atom is 0.176 e. The molecule has 1 aliphatic rings. The molecule has 1 aromatic rings. The maximum atomic E-state index is 12.2. The van der Waals surface area contributed by atoms with Crippen molar-refractivity contribution in [2.24, 2.45) is 0 Å². The first-order valence-corrected chi connectivity index (χ1v) is 6.70. The first-order chi connectivity index (χ1) is 9.10. The fourth-order valence-corrected chi connectivity index (χ4v) is 2.46. The van der Waals surface area contributed by atoms with Crippen molar-refractivity contribution >= 4 is 5.78 Å². The Balaban J connectivity index is 1.96. The van der Waals surface area contributed by atoms with Gasteiger partial charge in [-0.2, -0.15) is 0 Å². The molecule has 1 atom stereocenters. The summed E-state index contributed by atoms with van der Waals surface area (Å²) in [6, 6.07) is 7.77.